The summed E-state index contributed by atoms with van der Waals surface area (Å²) < 4.78 is 19.3. The zero-order valence-electron chi connectivity index (χ0n) is 18.8. The standard InChI is InChI=1S/C25H24ClFN6O2/c26-19-14-18(15-23(16-19)35-13-11-29-21-7-9-28-10-8-21)25(34)33(22-5-3-20(27)4-6-22)12-1-2-24-30-17-31-32-24/h3-10,14-17H,1-2,11-13H2,(H,28,29)(H,30,31,32). The van der Waals surface area contributed by atoms with Gasteiger partial charge < -0.3 is 15.0 Å². The van der Waals surface area contributed by atoms with Crippen molar-refractivity contribution in [2.75, 3.05) is 29.9 Å². The van der Waals surface area contributed by atoms with Gasteiger partial charge in [-0.3, -0.25) is 14.9 Å². The topological polar surface area (TPSA) is 96.0 Å². The molecule has 0 aliphatic rings. The van der Waals surface area contributed by atoms with Gasteiger partial charge in [0.2, 0.25) is 0 Å². The van der Waals surface area contributed by atoms with Crippen LogP contribution in [0.3, 0.4) is 0 Å². The van der Waals surface area contributed by atoms with Crippen molar-refractivity contribution in [3.63, 3.8) is 0 Å². The SMILES string of the molecule is O=C(c1cc(Cl)cc(OCCNc2ccncc2)c1)N(CCCc1ncn[nH]1)c1ccc(F)cc1. The molecule has 4 aromatic rings. The lowest BCUT2D eigenvalue weighted by molar-refractivity contribution is 0.0986. The summed E-state index contributed by atoms with van der Waals surface area (Å²) in [7, 11) is 0. The van der Waals surface area contributed by atoms with Crippen molar-refractivity contribution in [3.8, 4) is 5.75 Å². The van der Waals surface area contributed by atoms with Crippen LogP contribution in [0, 0.1) is 5.82 Å². The lowest BCUT2D eigenvalue weighted by Crippen LogP contribution is -2.32. The Kier molecular flexibility index (Phi) is 8.24. The molecule has 2 aromatic carbocycles. The molecule has 0 unspecified atom stereocenters. The molecule has 180 valence electrons. The molecule has 8 nitrogen and oxygen atoms in total. The van der Waals surface area contributed by atoms with Gasteiger partial charge in [-0.25, -0.2) is 9.37 Å². The van der Waals surface area contributed by atoms with Crippen LogP contribution in [0.2, 0.25) is 5.02 Å². The van der Waals surface area contributed by atoms with Crippen LogP contribution in [0.15, 0.2) is 73.3 Å². The van der Waals surface area contributed by atoms with Gasteiger partial charge in [0, 0.05) is 53.9 Å². The van der Waals surface area contributed by atoms with E-state index in [1.54, 1.807) is 47.6 Å². The van der Waals surface area contributed by atoms with Crippen molar-refractivity contribution in [3.05, 3.63) is 95.5 Å². The van der Waals surface area contributed by atoms with E-state index in [2.05, 4.69) is 25.5 Å². The first kappa shape index (κ1) is 24.2. The predicted molar refractivity (Wildman–Crippen MR) is 132 cm³/mol. The van der Waals surface area contributed by atoms with Crippen molar-refractivity contribution in [2.45, 2.75) is 12.8 Å². The van der Waals surface area contributed by atoms with Gasteiger partial charge in [-0.2, -0.15) is 5.10 Å². The Hall–Kier alpha value is -3.98. The summed E-state index contributed by atoms with van der Waals surface area (Å²) in [4.78, 5) is 23.2. The minimum absolute atomic E-state index is 0.267. The third kappa shape index (κ3) is 7.00. The summed E-state index contributed by atoms with van der Waals surface area (Å²) in [5.41, 5.74) is 1.89. The van der Waals surface area contributed by atoms with Crippen LogP contribution in [0.4, 0.5) is 15.8 Å². The van der Waals surface area contributed by atoms with E-state index in [0.29, 0.717) is 54.6 Å². The van der Waals surface area contributed by atoms with Crippen LogP contribution in [-0.4, -0.2) is 45.8 Å². The molecule has 0 aliphatic heterocycles. The molecule has 35 heavy (non-hydrogen) atoms. The molecule has 0 fully saturated rings. The normalized spacial score (nSPS) is 10.7. The fourth-order valence-electron chi connectivity index (χ4n) is 3.48. The van der Waals surface area contributed by atoms with Crippen LogP contribution in [0.25, 0.3) is 0 Å². The van der Waals surface area contributed by atoms with E-state index in [9.17, 15) is 9.18 Å². The second-order valence-electron chi connectivity index (χ2n) is 7.66. The smallest absolute Gasteiger partial charge is 0.258 e. The highest BCUT2D eigenvalue weighted by Crippen LogP contribution is 2.25. The summed E-state index contributed by atoms with van der Waals surface area (Å²) in [5, 5.41) is 10.3. The second-order valence-corrected chi connectivity index (χ2v) is 8.09. The first-order valence-corrected chi connectivity index (χ1v) is 11.5. The third-order valence-electron chi connectivity index (χ3n) is 5.14. The number of aromatic amines is 1. The fourth-order valence-corrected chi connectivity index (χ4v) is 3.71. The number of nitrogens with one attached hydrogen (secondary N) is 2. The Morgan fingerprint density at radius 2 is 1.91 bits per heavy atom. The molecule has 0 saturated carbocycles. The maximum atomic E-state index is 13.5. The van der Waals surface area contributed by atoms with Gasteiger partial charge in [0.25, 0.3) is 5.91 Å². The summed E-state index contributed by atoms with van der Waals surface area (Å²) in [6, 6.07) is 14.5. The molecule has 2 heterocycles. The molecule has 0 bridgehead atoms. The van der Waals surface area contributed by atoms with Gasteiger partial charge in [-0.15, -0.1) is 0 Å². The van der Waals surface area contributed by atoms with Gasteiger partial charge in [-0.05, 0) is 61.0 Å². The van der Waals surface area contributed by atoms with Crippen molar-refractivity contribution >= 4 is 28.9 Å². The van der Waals surface area contributed by atoms with Gasteiger partial charge in [0.15, 0.2) is 0 Å². The molecular weight excluding hydrogens is 471 g/mol. The molecule has 0 saturated heterocycles. The average molecular weight is 495 g/mol. The zero-order valence-corrected chi connectivity index (χ0v) is 19.6. The third-order valence-corrected chi connectivity index (χ3v) is 5.36. The lowest BCUT2D eigenvalue weighted by atomic mass is 10.1. The number of aryl methyl sites for hydroxylation is 1. The average Bonchev–Trinajstić information content (AvgIpc) is 3.39. The number of benzene rings is 2. The zero-order chi connectivity index (χ0) is 24.5. The maximum absolute atomic E-state index is 13.5. The number of hydrogen-bond acceptors (Lipinski definition) is 6. The molecule has 1 amide bonds. The largest absolute Gasteiger partial charge is 0.492 e. The van der Waals surface area contributed by atoms with Gasteiger partial charge in [0.1, 0.15) is 30.3 Å². The van der Waals surface area contributed by atoms with E-state index in [1.165, 1.54) is 18.5 Å². The summed E-state index contributed by atoms with van der Waals surface area (Å²) in [5.74, 6) is 0.575. The van der Waals surface area contributed by atoms with Crippen LogP contribution in [0.5, 0.6) is 5.75 Å². The number of ether oxygens (including phenoxy) is 1. The van der Waals surface area contributed by atoms with Crippen molar-refractivity contribution in [1.82, 2.24) is 20.2 Å². The number of pyridine rings is 1. The highest BCUT2D eigenvalue weighted by Gasteiger charge is 2.19. The van der Waals surface area contributed by atoms with Crippen LogP contribution >= 0.6 is 11.6 Å². The van der Waals surface area contributed by atoms with E-state index in [-0.39, 0.29) is 11.7 Å². The van der Waals surface area contributed by atoms with Gasteiger partial charge in [0.05, 0.1) is 0 Å². The summed E-state index contributed by atoms with van der Waals surface area (Å²) in [6.07, 6.45) is 6.09. The van der Waals surface area contributed by atoms with E-state index < -0.39 is 0 Å². The first-order valence-electron chi connectivity index (χ1n) is 11.1. The number of H-pyrrole nitrogens is 1. The van der Waals surface area contributed by atoms with Crippen molar-refractivity contribution in [2.24, 2.45) is 0 Å². The van der Waals surface area contributed by atoms with E-state index in [1.807, 2.05) is 12.1 Å². The van der Waals surface area contributed by atoms with E-state index >= 15 is 0 Å². The molecule has 0 atom stereocenters. The highest BCUT2D eigenvalue weighted by atomic mass is 35.5. The van der Waals surface area contributed by atoms with E-state index in [0.717, 1.165) is 11.5 Å². The monoisotopic (exact) mass is 494 g/mol. The number of carbonyl (C=O) groups is 1. The quantitative estimate of drug-likeness (QED) is 0.292. The Labute approximate surface area is 207 Å². The Morgan fingerprint density at radius 3 is 2.66 bits per heavy atom. The molecular formula is C25H24ClFN6O2. The number of rotatable bonds is 11. The minimum Gasteiger partial charge on any atom is -0.492 e. The van der Waals surface area contributed by atoms with Gasteiger partial charge >= 0.3 is 0 Å². The highest BCUT2D eigenvalue weighted by molar-refractivity contribution is 6.31. The van der Waals surface area contributed by atoms with Crippen molar-refractivity contribution in [1.29, 1.82) is 0 Å². The van der Waals surface area contributed by atoms with Crippen LogP contribution in [0.1, 0.15) is 22.6 Å². The number of hydrogen-bond donors (Lipinski definition) is 2. The molecule has 0 aliphatic carbocycles. The predicted octanol–water partition coefficient (Wildman–Crippen LogP) is 4.76. The number of carbonyl (C=O) groups excluding carboxylic acids is 1. The fraction of sp³-hybridized carbons (Fsp3) is 0.200. The summed E-state index contributed by atoms with van der Waals surface area (Å²) >= 11 is 6.30. The minimum atomic E-state index is -0.373. The second kappa shape index (κ2) is 11.9. The Bertz CT molecular complexity index is 1220. The maximum Gasteiger partial charge on any atom is 0.258 e. The molecule has 2 aromatic heterocycles. The Morgan fingerprint density at radius 1 is 1.11 bits per heavy atom. The Balaban J connectivity index is 1.44. The molecule has 10 heteroatoms. The molecule has 4 rings (SSSR count). The molecule has 2 N–H and O–H groups in total. The number of amides is 1. The number of anilines is 2. The van der Waals surface area contributed by atoms with E-state index in [4.69, 9.17) is 16.3 Å². The van der Waals surface area contributed by atoms with Crippen LogP contribution < -0.4 is 15.0 Å². The number of halogens is 2. The number of aromatic nitrogens is 4. The molecule has 0 spiro atoms. The van der Waals surface area contributed by atoms with Crippen LogP contribution in [-0.2, 0) is 6.42 Å². The molecule has 0 radical (unpaired) electrons. The van der Waals surface area contributed by atoms with Gasteiger partial charge in [-0.1, -0.05) is 11.6 Å². The van der Waals surface area contributed by atoms with Crippen molar-refractivity contribution < 1.29 is 13.9 Å². The number of nitrogens with zero attached hydrogens (tertiary/aromatic N) is 4. The lowest BCUT2D eigenvalue weighted by Gasteiger charge is -2.23. The summed E-state index contributed by atoms with van der Waals surface area (Å²) in [6.45, 7) is 1.32. The first-order chi connectivity index (χ1) is 17.1.